The van der Waals surface area contributed by atoms with E-state index in [1.54, 1.807) is 7.11 Å². The number of ether oxygens (including phenoxy) is 1. The van der Waals surface area contributed by atoms with Crippen LogP contribution in [0.1, 0.15) is 24.8 Å². The molecule has 0 aromatic heterocycles. The predicted octanol–water partition coefficient (Wildman–Crippen LogP) is 2.47. The van der Waals surface area contributed by atoms with Crippen molar-refractivity contribution in [3.63, 3.8) is 0 Å². The maximum atomic E-state index is 12.6. The average molecular weight is 327 g/mol. The third-order valence-electron chi connectivity index (χ3n) is 4.06. The highest BCUT2D eigenvalue weighted by atomic mass is 35.5. The van der Waals surface area contributed by atoms with Gasteiger partial charge in [-0.25, -0.2) is 0 Å². The van der Waals surface area contributed by atoms with Crippen LogP contribution >= 0.6 is 12.4 Å². The molecule has 1 aliphatic heterocycles. The van der Waals surface area contributed by atoms with Crippen LogP contribution in [0.2, 0.25) is 0 Å². The van der Waals surface area contributed by atoms with E-state index in [1.807, 2.05) is 23.1 Å². The molecule has 4 nitrogen and oxygen atoms in total. The van der Waals surface area contributed by atoms with Gasteiger partial charge in [-0.05, 0) is 37.4 Å². The van der Waals surface area contributed by atoms with Gasteiger partial charge in [0.1, 0.15) is 0 Å². The van der Waals surface area contributed by atoms with Crippen LogP contribution in [0.15, 0.2) is 30.3 Å². The predicted molar refractivity (Wildman–Crippen MR) is 91.2 cm³/mol. The van der Waals surface area contributed by atoms with Gasteiger partial charge in [0.15, 0.2) is 0 Å². The van der Waals surface area contributed by atoms with Gasteiger partial charge in [-0.3, -0.25) is 4.79 Å². The van der Waals surface area contributed by atoms with Gasteiger partial charge in [-0.15, -0.1) is 12.4 Å². The van der Waals surface area contributed by atoms with Crippen molar-refractivity contribution >= 4 is 18.3 Å². The number of carbonyl (C=O) groups is 1. The normalized spacial score (nSPS) is 15.1. The van der Waals surface area contributed by atoms with Crippen LogP contribution in [-0.4, -0.2) is 44.2 Å². The SMILES string of the molecule is COCCN(Cc1ccccc1)C(=O)CC1CCNCC1.Cl. The lowest BCUT2D eigenvalue weighted by Gasteiger charge is -2.27. The van der Waals surface area contributed by atoms with Gasteiger partial charge in [0.05, 0.1) is 6.61 Å². The van der Waals surface area contributed by atoms with E-state index >= 15 is 0 Å². The van der Waals surface area contributed by atoms with Crippen LogP contribution in [0.5, 0.6) is 0 Å². The zero-order valence-electron chi connectivity index (χ0n) is 13.3. The molecule has 1 aromatic rings. The molecule has 0 unspecified atom stereocenters. The van der Waals surface area contributed by atoms with E-state index in [0.29, 0.717) is 32.0 Å². The third kappa shape index (κ3) is 6.34. The van der Waals surface area contributed by atoms with E-state index < -0.39 is 0 Å². The fraction of sp³-hybridized carbons (Fsp3) is 0.588. The molecule has 1 aliphatic rings. The topological polar surface area (TPSA) is 41.6 Å². The molecule has 0 aliphatic carbocycles. The van der Waals surface area contributed by atoms with Crippen molar-refractivity contribution in [3.05, 3.63) is 35.9 Å². The first kappa shape index (κ1) is 18.9. The second kappa shape index (κ2) is 10.6. The quantitative estimate of drug-likeness (QED) is 0.837. The maximum absolute atomic E-state index is 12.6. The Balaban J connectivity index is 0.00000242. The number of benzene rings is 1. The molecule has 1 aromatic carbocycles. The fourth-order valence-electron chi connectivity index (χ4n) is 2.76. The molecular weight excluding hydrogens is 300 g/mol. The van der Waals surface area contributed by atoms with E-state index in [1.165, 1.54) is 5.56 Å². The van der Waals surface area contributed by atoms with E-state index in [0.717, 1.165) is 25.9 Å². The molecule has 0 atom stereocenters. The van der Waals surface area contributed by atoms with Crippen LogP contribution in [0, 0.1) is 5.92 Å². The van der Waals surface area contributed by atoms with Crippen molar-refractivity contribution in [1.82, 2.24) is 10.2 Å². The second-order valence-corrected chi connectivity index (χ2v) is 5.69. The molecule has 0 spiro atoms. The summed E-state index contributed by atoms with van der Waals surface area (Å²) in [4.78, 5) is 14.5. The first-order valence-corrected chi connectivity index (χ1v) is 7.81. The lowest BCUT2D eigenvalue weighted by molar-refractivity contribution is -0.133. The fourth-order valence-corrected chi connectivity index (χ4v) is 2.76. The minimum absolute atomic E-state index is 0. The Kier molecular flexibility index (Phi) is 9.13. The van der Waals surface area contributed by atoms with Gasteiger partial charge in [0.2, 0.25) is 5.91 Å². The Bertz CT molecular complexity index is 422. The summed E-state index contributed by atoms with van der Waals surface area (Å²) >= 11 is 0. The highest BCUT2D eigenvalue weighted by Crippen LogP contribution is 2.18. The molecular formula is C17H27ClN2O2. The second-order valence-electron chi connectivity index (χ2n) is 5.69. The molecule has 5 heteroatoms. The van der Waals surface area contributed by atoms with Crippen LogP contribution in [0.25, 0.3) is 0 Å². The zero-order chi connectivity index (χ0) is 14.9. The van der Waals surface area contributed by atoms with Crippen molar-refractivity contribution in [2.45, 2.75) is 25.8 Å². The number of carbonyl (C=O) groups excluding carboxylic acids is 1. The van der Waals surface area contributed by atoms with Gasteiger partial charge in [0, 0.05) is 26.6 Å². The number of rotatable bonds is 7. The smallest absolute Gasteiger partial charge is 0.223 e. The van der Waals surface area contributed by atoms with E-state index in [9.17, 15) is 4.79 Å². The maximum Gasteiger partial charge on any atom is 0.223 e. The first-order chi connectivity index (χ1) is 10.3. The van der Waals surface area contributed by atoms with E-state index in [4.69, 9.17) is 4.74 Å². The molecule has 0 radical (unpaired) electrons. The monoisotopic (exact) mass is 326 g/mol. The molecule has 1 heterocycles. The highest BCUT2D eigenvalue weighted by molar-refractivity contribution is 5.85. The lowest BCUT2D eigenvalue weighted by atomic mass is 9.94. The summed E-state index contributed by atoms with van der Waals surface area (Å²) in [7, 11) is 1.68. The molecule has 1 saturated heterocycles. The number of hydrogen-bond acceptors (Lipinski definition) is 3. The van der Waals surface area contributed by atoms with Crippen LogP contribution in [0.3, 0.4) is 0 Å². The summed E-state index contributed by atoms with van der Waals surface area (Å²) in [6.45, 7) is 4.00. The summed E-state index contributed by atoms with van der Waals surface area (Å²) in [6.07, 6.45) is 2.88. The van der Waals surface area contributed by atoms with Crippen molar-refractivity contribution in [2.24, 2.45) is 5.92 Å². The largest absolute Gasteiger partial charge is 0.383 e. The lowest BCUT2D eigenvalue weighted by Crippen LogP contribution is -2.36. The number of hydrogen-bond donors (Lipinski definition) is 1. The third-order valence-corrected chi connectivity index (χ3v) is 4.06. The van der Waals surface area contributed by atoms with E-state index in [2.05, 4.69) is 17.4 Å². The van der Waals surface area contributed by atoms with Gasteiger partial charge in [-0.2, -0.15) is 0 Å². The molecule has 1 amide bonds. The van der Waals surface area contributed by atoms with Gasteiger partial charge < -0.3 is 15.0 Å². The number of methoxy groups -OCH3 is 1. The van der Waals surface area contributed by atoms with Gasteiger partial charge in [0.25, 0.3) is 0 Å². The van der Waals surface area contributed by atoms with Gasteiger partial charge in [-0.1, -0.05) is 30.3 Å². The summed E-state index contributed by atoms with van der Waals surface area (Å²) in [6, 6.07) is 10.2. The van der Waals surface area contributed by atoms with Gasteiger partial charge >= 0.3 is 0 Å². The Morgan fingerprint density at radius 3 is 2.59 bits per heavy atom. The van der Waals surface area contributed by atoms with Crippen LogP contribution in [0.4, 0.5) is 0 Å². The number of piperidine rings is 1. The summed E-state index contributed by atoms with van der Waals surface area (Å²) in [5, 5.41) is 3.35. The van der Waals surface area contributed by atoms with Crippen LogP contribution < -0.4 is 5.32 Å². The van der Waals surface area contributed by atoms with Crippen molar-refractivity contribution in [2.75, 3.05) is 33.4 Å². The van der Waals surface area contributed by atoms with Crippen molar-refractivity contribution in [3.8, 4) is 0 Å². The molecule has 1 N–H and O–H groups in total. The number of halogens is 1. The van der Waals surface area contributed by atoms with Crippen molar-refractivity contribution in [1.29, 1.82) is 0 Å². The number of nitrogens with one attached hydrogen (secondary N) is 1. The average Bonchev–Trinajstić information content (AvgIpc) is 2.53. The molecule has 2 rings (SSSR count). The molecule has 22 heavy (non-hydrogen) atoms. The minimum atomic E-state index is 0. The van der Waals surface area contributed by atoms with Crippen LogP contribution in [-0.2, 0) is 16.1 Å². The summed E-state index contributed by atoms with van der Waals surface area (Å²) < 4.78 is 5.15. The Hall–Kier alpha value is -1.10. The standard InChI is InChI=1S/C17H26N2O2.ClH/c1-21-12-11-19(14-16-5-3-2-4-6-16)17(20)13-15-7-9-18-10-8-15;/h2-6,15,18H,7-14H2,1H3;1H. The highest BCUT2D eigenvalue weighted by Gasteiger charge is 2.21. The first-order valence-electron chi connectivity index (χ1n) is 7.81. The minimum Gasteiger partial charge on any atom is -0.383 e. The Morgan fingerprint density at radius 1 is 1.27 bits per heavy atom. The molecule has 124 valence electrons. The molecule has 0 bridgehead atoms. The summed E-state index contributed by atoms with van der Waals surface area (Å²) in [5.41, 5.74) is 1.17. The Labute approximate surface area is 139 Å². The molecule has 0 saturated carbocycles. The Morgan fingerprint density at radius 2 is 1.95 bits per heavy atom. The van der Waals surface area contributed by atoms with E-state index in [-0.39, 0.29) is 18.3 Å². The number of amides is 1. The number of nitrogens with zero attached hydrogens (tertiary/aromatic N) is 1. The zero-order valence-corrected chi connectivity index (χ0v) is 14.1. The summed E-state index contributed by atoms with van der Waals surface area (Å²) in [5.74, 6) is 0.780. The molecule has 1 fully saturated rings. The van der Waals surface area contributed by atoms with Crippen molar-refractivity contribution < 1.29 is 9.53 Å².